The lowest BCUT2D eigenvalue weighted by molar-refractivity contribution is 0.595. The molecule has 3 rings (SSSR count). The van der Waals surface area contributed by atoms with E-state index in [0.717, 1.165) is 28.3 Å². The van der Waals surface area contributed by atoms with Crippen LogP contribution in [0.2, 0.25) is 0 Å². The van der Waals surface area contributed by atoms with Crippen LogP contribution in [0.3, 0.4) is 0 Å². The number of fused-ring (bicyclic) bond motifs is 1. The van der Waals surface area contributed by atoms with Crippen LogP contribution in [0.5, 0.6) is 0 Å². The van der Waals surface area contributed by atoms with Crippen LogP contribution in [0.4, 0.5) is 0 Å². The maximum Gasteiger partial charge on any atom is 0.267 e. The fourth-order valence-corrected chi connectivity index (χ4v) is 3.44. The van der Waals surface area contributed by atoms with Crippen molar-refractivity contribution >= 4 is 26.3 Å². The molecule has 0 saturated carbocycles. The molecule has 98 valence electrons. The van der Waals surface area contributed by atoms with Crippen LogP contribution >= 0.6 is 11.3 Å². The molecule has 0 unspecified atom stereocenters. The molecule has 0 amide bonds. The summed E-state index contributed by atoms with van der Waals surface area (Å²) in [6, 6.07) is 9.56. The average Bonchev–Trinajstić information content (AvgIpc) is 2.86. The Morgan fingerprint density at radius 3 is 2.58 bits per heavy atom. The summed E-state index contributed by atoms with van der Waals surface area (Å²) in [5, 5.41) is 9.13. The lowest BCUT2D eigenvalue weighted by Gasteiger charge is -1.99. The van der Waals surface area contributed by atoms with Gasteiger partial charge in [-0.05, 0) is 6.92 Å². The quantitative estimate of drug-likeness (QED) is 0.773. The summed E-state index contributed by atoms with van der Waals surface area (Å²) in [5.74, 6) is 0. The van der Waals surface area contributed by atoms with Crippen molar-refractivity contribution in [1.82, 2.24) is 14.6 Å². The number of primary sulfonamides is 1. The molecule has 0 aliphatic carbocycles. The second kappa shape index (κ2) is 4.12. The zero-order chi connectivity index (χ0) is 13.6. The molecule has 0 aliphatic rings. The van der Waals surface area contributed by atoms with Crippen molar-refractivity contribution in [3.8, 4) is 11.3 Å². The van der Waals surface area contributed by atoms with E-state index in [2.05, 4.69) is 10.1 Å². The Morgan fingerprint density at radius 2 is 1.95 bits per heavy atom. The first kappa shape index (κ1) is 12.3. The van der Waals surface area contributed by atoms with Crippen molar-refractivity contribution in [2.24, 2.45) is 5.14 Å². The molecule has 0 fully saturated rings. The Labute approximate surface area is 113 Å². The number of sulfonamides is 1. The van der Waals surface area contributed by atoms with E-state index in [1.807, 2.05) is 37.3 Å². The van der Waals surface area contributed by atoms with Crippen molar-refractivity contribution in [1.29, 1.82) is 0 Å². The first-order valence-electron chi connectivity index (χ1n) is 5.41. The SMILES string of the molecule is Cc1nc2sc(S(N)(=O)=O)nn2c1-c1ccccc1. The molecule has 0 aliphatic heterocycles. The Bertz CT molecular complexity index is 850. The van der Waals surface area contributed by atoms with Crippen LogP contribution in [-0.4, -0.2) is 23.0 Å². The number of hydrogen-bond donors (Lipinski definition) is 1. The van der Waals surface area contributed by atoms with Crippen molar-refractivity contribution in [3.05, 3.63) is 36.0 Å². The van der Waals surface area contributed by atoms with Gasteiger partial charge >= 0.3 is 0 Å². The monoisotopic (exact) mass is 294 g/mol. The zero-order valence-corrected chi connectivity index (χ0v) is 11.6. The largest absolute Gasteiger partial charge is 0.267 e. The molecule has 2 heterocycles. The van der Waals surface area contributed by atoms with E-state index in [0.29, 0.717) is 4.96 Å². The van der Waals surface area contributed by atoms with Gasteiger partial charge in [0, 0.05) is 5.56 Å². The normalized spacial score (nSPS) is 12.1. The second-order valence-electron chi connectivity index (χ2n) is 4.02. The van der Waals surface area contributed by atoms with Gasteiger partial charge in [0.25, 0.3) is 10.0 Å². The molecule has 19 heavy (non-hydrogen) atoms. The van der Waals surface area contributed by atoms with E-state index in [9.17, 15) is 8.42 Å². The summed E-state index contributed by atoms with van der Waals surface area (Å²) in [6.07, 6.45) is 0. The molecule has 2 aromatic heterocycles. The molecule has 0 radical (unpaired) electrons. The Balaban J connectivity index is 2.30. The third-order valence-corrected chi connectivity index (χ3v) is 4.87. The topological polar surface area (TPSA) is 90.3 Å². The summed E-state index contributed by atoms with van der Waals surface area (Å²) >= 11 is 0.962. The Kier molecular flexibility index (Phi) is 2.66. The molecule has 0 saturated heterocycles. The summed E-state index contributed by atoms with van der Waals surface area (Å²) in [7, 11) is -3.80. The minimum atomic E-state index is -3.80. The predicted molar refractivity (Wildman–Crippen MR) is 72.4 cm³/mol. The van der Waals surface area contributed by atoms with Crippen LogP contribution in [0.1, 0.15) is 5.69 Å². The van der Waals surface area contributed by atoms with E-state index in [4.69, 9.17) is 5.14 Å². The van der Waals surface area contributed by atoms with E-state index >= 15 is 0 Å². The highest BCUT2D eigenvalue weighted by Gasteiger charge is 2.20. The summed E-state index contributed by atoms with van der Waals surface area (Å²) < 4.78 is 24.0. The van der Waals surface area contributed by atoms with Gasteiger partial charge < -0.3 is 0 Å². The fraction of sp³-hybridized carbons (Fsp3) is 0.0909. The molecule has 3 aromatic rings. The molecule has 6 nitrogen and oxygen atoms in total. The van der Waals surface area contributed by atoms with Gasteiger partial charge in [-0.2, -0.15) is 0 Å². The van der Waals surface area contributed by atoms with E-state index in [-0.39, 0.29) is 4.34 Å². The average molecular weight is 294 g/mol. The van der Waals surface area contributed by atoms with Gasteiger partial charge in [-0.1, -0.05) is 41.7 Å². The fourth-order valence-electron chi connectivity index (χ4n) is 1.87. The highest BCUT2D eigenvalue weighted by molar-refractivity contribution is 7.91. The minimum absolute atomic E-state index is 0.132. The molecule has 0 spiro atoms. The van der Waals surface area contributed by atoms with Gasteiger partial charge in [0.2, 0.25) is 9.30 Å². The molecule has 0 atom stereocenters. The predicted octanol–water partition coefficient (Wildman–Crippen LogP) is 1.41. The molecular weight excluding hydrogens is 284 g/mol. The van der Waals surface area contributed by atoms with Gasteiger partial charge in [-0.25, -0.2) is 23.1 Å². The number of imidazole rings is 1. The Morgan fingerprint density at radius 1 is 1.26 bits per heavy atom. The van der Waals surface area contributed by atoms with Gasteiger partial charge in [-0.3, -0.25) is 0 Å². The van der Waals surface area contributed by atoms with Crippen LogP contribution in [0.15, 0.2) is 34.7 Å². The van der Waals surface area contributed by atoms with Gasteiger partial charge in [0.15, 0.2) is 0 Å². The zero-order valence-electron chi connectivity index (χ0n) is 9.94. The maximum atomic E-state index is 11.3. The first-order chi connectivity index (χ1) is 8.97. The van der Waals surface area contributed by atoms with Crippen molar-refractivity contribution in [3.63, 3.8) is 0 Å². The summed E-state index contributed by atoms with van der Waals surface area (Å²) in [5.41, 5.74) is 2.51. The molecule has 0 bridgehead atoms. The third-order valence-electron chi connectivity index (χ3n) is 2.65. The molecule has 8 heteroatoms. The molecule has 2 N–H and O–H groups in total. The number of benzene rings is 1. The number of aromatic nitrogens is 3. The van der Waals surface area contributed by atoms with Gasteiger partial charge in [-0.15, -0.1) is 5.10 Å². The van der Waals surface area contributed by atoms with Crippen molar-refractivity contribution in [2.75, 3.05) is 0 Å². The standard InChI is InChI=1S/C11H10N4O2S2/c1-7-9(8-5-3-2-4-6-8)15-10(13-7)18-11(14-15)19(12,16)17/h2-6H,1H3,(H2,12,16,17). The number of rotatable bonds is 2. The van der Waals surface area contributed by atoms with Crippen LogP contribution in [0.25, 0.3) is 16.2 Å². The molecular formula is C11H10N4O2S2. The summed E-state index contributed by atoms with van der Waals surface area (Å²) in [6.45, 7) is 1.86. The van der Waals surface area contributed by atoms with Crippen LogP contribution < -0.4 is 5.14 Å². The lowest BCUT2D eigenvalue weighted by Crippen LogP contribution is -2.12. The smallest absolute Gasteiger partial charge is 0.223 e. The molecule has 1 aromatic carbocycles. The van der Waals surface area contributed by atoms with E-state index in [1.54, 1.807) is 0 Å². The van der Waals surface area contributed by atoms with E-state index in [1.165, 1.54) is 4.52 Å². The maximum absolute atomic E-state index is 11.3. The van der Waals surface area contributed by atoms with Crippen molar-refractivity contribution < 1.29 is 8.42 Å². The Hall–Kier alpha value is -1.77. The summed E-state index contributed by atoms with van der Waals surface area (Å²) in [4.78, 5) is 4.84. The van der Waals surface area contributed by atoms with E-state index < -0.39 is 10.0 Å². The van der Waals surface area contributed by atoms with Crippen molar-refractivity contribution in [2.45, 2.75) is 11.3 Å². The van der Waals surface area contributed by atoms with Crippen LogP contribution in [0, 0.1) is 6.92 Å². The number of hydrogen-bond acceptors (Lipinski definition) is 5. The second-order valence-corrected chi connectivity index (χ2v) is 6.71. The highest BCUT2D eigenvalue weighted by Crippen LogP contribution is 2.28. The van der Waals surface area contributed by atoms with Gasteiger partial charge in [0.05, 0.1) is 11.4 Å². The van der Waals surface area contributed by atoms with Gasteiger partial charge in [0.1, 0.15) is 0 Å². The minimum Gasteiger partial charge on any atom is -0.223 e. The third kappa shape index (κ3) is 2.03. The first-order valence-corrected chi connectivity index (χ1v) is 7.77. The highest BCUT2D eigenvalue weighted by atomic mass is 32.2. The lowest BCUT2D eigenvalue weighted by atomic mass is 10.1. The van der Waals surface area contributed by atoms with Crippen LogP contribution in [-0.2, 0) is 10.0 Å². The number of aryl methyl sites for hydroxylation is 1. The number of nitrogens with two attached hydrogens (primary N) is 1. The number of nitrogens with zero attached hydrogens (tertiary/aromatic N) is 3.